The van der Waals surface area contributed by atoms with Crippen molar-refractivity contribution in [3.05, 3.63) is 71.3 Å². The van der Waals surface area contributed by atoms with Gasteiger partial charge in [0.05, 0.1) is 0 Å². The maximum atomic E-state index is 12.1. The zero-order chi connectivity index (χ0) is 16.5. The van der Waals surface area contributed by atoms with Gasteiger partial charge in [-0.3, -0.25) is 9.59 Å². The smallest absolute Gasteiger partial charge is 0.251 e. The topological polar surface area (TPSA) is 58.2 Å². The van der Waals surface area contributed by atoms with Gasteiger partial charge in [0.15, 0.2) is 0 Å². The fourth-order valence-corrected chi connectivity index (χ4v) is 2.18. The van der Waals surface area contributed by atoms with E-state index >= 15 is 0 Å². The Bertz CT molecular complexity index is 636. The molecule has 0 bridgehead atoms. The zero-order valence-corrected chi connectivity index (χ0v) is 13.3. The molecule has 2 rings (SSSR count). The Labute approximate surface area is 136 Å². The first-order valence-electron chi connectivity index (χ1n) is 7.91. The van der Waals surface area contributed by atoms with Gasteiger partial charge in [-0.25, -0.2) is 0 Å². The van der Waals surface area contributed by atoms with E-state index in [0.29, 0.717) is 24.2 Å². The molecule has 0 unspecified atom stereocenters. The van der Waals surface area contributed by atoms with Crippen molar-refractivity contribution < 1.29 is 9.59 Å². The molecule has 0 spiro atoms. The van der Waals surface area contributed by atoms with Crippen LogP contribution in [-0.4, -0.2) is 24.9 Å². The van der Waals surface area contributed by atoms with Gasteiger partial charge in [0.25, 0.3) is 11.8 Å². The van der Waals surface area contributed by atoms with Crippen LogP contribution in [-0.2, 0) is 6.42 Å². The van der Waals surface area contributed by atoms with Crippen molar-refractivity contribution in [1.29, 1.82) is 0 Å². The maximum absolute atomic E-state index is 12.1. The molecule has 0 aliphatic heterocycles. The average molecular weight is 310 g/mol. The molecule has 0 aliphatic carbocycles. The fraction of sp³-hybridized carbons (Fsp3) is 0.263. The Morgan fingerprint density at radius 1 is 0.783 bits per heavy atom. The molecule has 2 N–H and O–H groups in total. The summed E-state index contributed by atoms with van der Waals surface area (Å²) >= 11 is 0. The van der Waals surface area contributed by atoms with E-state index in [9.17, 15) is 9.59 Å². The third-order valence-corrected chi connectivity index (χ3v) is 3.49. The van der Waals surface area contributed by atoms with Crippen LogP contribution in [0.1, 0.15) is 39.6 Å². The Balaban J connectivity index is 1.84. The van der Waals surface area contributed by atoms with E-state index < -0.39 is 0 Å². The van der Waals surface area contributed by atoms with Crippen molar-refractivity contribution in [2.45, 2.75) is 19.8 Å². The largest absolute Gasteiger partial charge is 0.352 e. The SMILES string of the molecule is CCCNC(=O)c1ccc(C(=O)NCCc2ccccc2)cc1. The average Bonchev–Trinajstić information content (AvgIpc) is 2.60. The summed E-state index contributed by atoms with van der Waals surface area (Å²) in [5.41, 5.74) is 2.32. The number of nitrogens with one attached hydrogen (secondary N) is 2. The number of hydrogen-bond donors (Lipinski definition) is 2. The summed E-state index contributed by atoms with van der Waals surface area (Å²) in [4.78, 5) is 23.9. The summed E-state index contributed by atoms with van der Waals surface area (Å²) in [6.45, 7) is 3.24. The Kier molecular flexibility index (Phi) is 6.36. The van der Waals surface area contributed by atoms with E-state index in [1.807, 2.05) is 37.3 Å². The zero-order valence-electron chi connectivity index (χ0n) is 13.3. The van der Waals surface area contributed by atoms with E-state index in [2.05, 4.69) is 10.6 Å². The molecule has 0 aliphatic rings. The highest BCUT2D eigenvalue weighted by Crippen LogP contribution is 2.05. The molecule has 4 nitrogen and oxygen atoms in total. The van der Waals surface area contributed by atoms with Crippen molar-refractivity contribution in [3.63, 3.8) is 0 Å². The minimum atomic E-state index is -0.124. The first-order valence-corrected chi connectivity index (χ1v) is 7.91. The molecule has 0 saturated heterocycles. The monoisotopic (exact) mass is 310 g/mol. The minimum absolute atomic E-state index is 0.108. The molecule has 0 saturated carbocycles. The maximum Gasteiger partial charge on any atom is 0.251 e. The van der Waals surface area contributed by atoms with Crippen molar-refractivity contribution >= 4 is 11.8 Å². The number of carbonyl (C=O) groups is 2. The highest BCUT2D eigenvalue weighted by Gasteiger charge is 2.08. The lowest BCUT2D eigenvalue weighted by Crippen LogP contribution is -2.26. The number of carbonyl (C=O) groups excluding carboxylic acids is 2. The molecule has 0 heterocycles. The lowest BCUT2D eigenvalue weighted by Gasteiger charge is -2.07. The summed E-state index contributed by atoms with van der Waals surface area (Å²) in [5.74, 6) is -0.232. The van der Waals surface area contributed by atoms with Crippen LogP contribution >= 0.6 is 0 Å². The molecule has 0 atom stereocenters. The van der Waals surface area contributed by atoms with Crippen LogP contribution < -0.4 is 10.6 Å². The molecule has 23 heavy (non-hydrogen) atoms. The van der Waals surface area contributed by atoms with Crippen molar-refractivity contribution in [2.75, 3.05) is 13.1 Å². The second-order valence-corrected chi connectivity index (χ2v) is 5.32. The van der Waals surface area contributed by atoms with Gasteiger partial charge in [0, 0.05) is 24.2 Å². The van der Waals surface area contributed by atoms with Gasteiger partial charge in [-0.2, -0.15) is 0 Å². The number of hydrogen-bond acceptors (Lipinski definition) is 2. The van der Waals surface area contributed by atoms with Gasteiger partial charge in [0.1, 0.15) is 0 Å². The van der Waals surface area contributed by atoms with Crippen molar-refractivity contribution in [1.82, 2.24) is 10.6 Å². The summed E-state index contributed by atoms with van der Waals surface area (Å²) in [6.07, 6.45) is 1.69. The predicted octanol–water partition coefficient (Wildman–Crippen LogP) is 2.80. The normalized spacial score (nSPS) is 10.1. The number of benzene rings is 2. The third-order valence-electron chi connectivity index (χ3n) is 3.49. The molecule has 2 aromatic carbocycles. The van der Waals surface area contributed by atoms with E-state index in [1.54, 1.807) is 24.3 Å². The Hall–Kier alpha value is -2.62. The van der Waals surface area contributed by atoms with Crippen LogP contribution in [0.3, 0.4) is 0 Å². The highest BCUT2D eigenvalue weighted by molar-refractivity contribution is 5.97. The van der Waals surface area contributed by atoms with Crippen LogP contribution in [0, 0.1) is 0 Å². The second kappa shape index (κ2) is 8.73. The van der Waals surface area contributed by atoms with Gasteiger partial charge in [-0.05, 0) is 42.7 Å². The third kappa shape index (κ3) is 5.25. The Morgan fingerprint density at radius 3 is 1.83 bits per heavy atom. The highest BCUT2D eigenvalue weighted by atomic mass is 16.2. The predicted molar refractivity (Wildman–Crippen MR) is 91.5 cm³/mol. The number of amides is 2. The molecule has 0 fully saturated rings. The van der Waals surface area contributed by atoms with Gasteiger partial charge >= 0.3 is 0 Å². The van der Waals surface area contributed by atoms with Crippen molar-refractivity contribution in [3.8, 4) is 0 Å². The lowest BCUT2D eigenvalue weighted by molar-refractivity contribution is 0.0942. The molecule has 120 valence electrons. The van der Waals surface area contributed by atoms with E-state index in [-0.39, 0.29) is 11.8 Å². The van der Waals surface area contributed by atoms with Gasteiger partial charge in [-0.1, -0.05) is 37.3 Å². The van der Waals surface area contributed by atoms with E-state index in [4.69, 9.17) is 0 Å². The fourth-order valence-electron chi connectivity index (χ4n) is 2.18. The summed E-state index contributed by atoms with van der Waals surface area (Å²) in [6, 6.07) is 16.7. The van der Waals surface area contributed by atoms with Crippen LogP contribution in [0.4, 0.5) is 0 Å². The summed E-state index contributed by atoms with van der Waals surface area (Å²) in [7, 11) is 0. The molecule has 2 aromatic rings. The van der Waals surface area contributed by atoms with E-state index in [0.717, 1.165) is 12.8 Å². The van der Waals surface area contributed by atoms with E-state index in [1.165, 1.54) is 5.56 Å². The van der Waals surface area contributed by atoms with Crippen LogP contribution in [0.25, 0.3) is 0 Å². The minimum Gasteiger partial charge on any atom is -0.352 e. The molecule has 0 radical (unpaired) electrons. The summed E-state index contributed by atoms with van der Waals surface area (Å²) < 4.78 is 0. The standard InChI is InChI=1S/C19H22N2O2/c1-2-13-20-18(22)16-8-10-17(11-9-16)19(23)21-14-12-15-6-4-3-5-7-15/h3-11H,2,12-14H2,1H3,(H,20,22)(H,21,23). The molecule has 0 aromatic heterocycles. The molecular formula is C19H22N2O2. The molecule has 2 amide bonds. The van der Waals surface area contributed by atoms with Crippen LogP contribution in [0.15, 0.2) is 54.6 Å². The Morgan fingerprint density at radius 2 is 1.30 bits per heavy atom. The van der Waals surface area contributed by atoms with Crippen molar-refractivity contribution in [2.24, 2.45) is 0 Å². The van der Waals surface area contributed by atoms with Gasteiger partial charge in [0.2, 0.25) is 0 Å². The second-order valence-electron chi connectivity index (χ2n) is 5.32. The van der Waals surface area contributed by atoms with Crippen LogP contribution in [0.5, 0.6) is 0 Å². The lowest BCUT2D eigenvalue weighted by atomic mass is 10.1. The van der Waals surface area contributed by atoms with Gasteiger partial charge < -0.3 is 10.6 Å². The number of rotatable bonds is 7. The molecular weight excluding hydrogens is 288 g/mol. The first kappa shape index (κ1) is 16.7. The molecule has 4 heteroatoms. The first-order chi connectivity index (χ1) is 11.2. The van der Waals surface area contributed by atoms with Gasteiger partial charge in [-0.15, -0.1) is 0 Å². The van der Waals surface area contributed by atoms with Crippen LogP contribution in [0.2, 0.25) is 0 Å². The quantitative estimate of drug-likeness (QED) is 0.826. The summed E-state index contributed by atoms with van der Waals surface area (Å²) in [5, 5.41) is 5.70.